The summed E-state index contributed by atoms with van der Waals surface area (Å²) in [6, 6.07) is 0. The highest BCUT2D eigenvalue weighted by atomic mass is 16.6. The van der Waals surface area contributed by atoms with Crippen LogP contribution in [0.5, 0.6) is 5.75 Å². The fourth-order valence-corrected chi connectivity index (χ4v) is 2.98. The molecule has 0 aliphatic carbocycles. The Labute approximate surface area is 146 Å². The van der Waals surface area contributed by atoms with Crippen molar-refractivity contribution >= 4 is 17.4 Å². The summed E-state index contributed by atoms with van der Waals surface area (Å²) in [4.78, 5) is 17.9. The van der Waals surface area contributed by atoms with Crippen molar-refractivity contribution in [2.45, 2.75) is 39.7 Å². The summed E-state index contributed by atoms with van der Waals surface area (Å²) in [6.07, 6.45) is 3.86. The number of nitrogens with zero attached hydrogens (tertiary/aromatic N) is 4. The molecule has 1 amide bonds. The van der Waals surface area contributed by atoms with Gasteiger partial charge in [-0.3, -0.25) is 0 Å². The number of carbonyl (C=O) groups is 1. The molecule has 1 unspecified atom stereocenters. The maximum atomic E-state index is 12.1. The first-order valence-electron chi connectivity index (χ1n) is 8.44. The highest BCUT2D eigenvalue weighted by Gasteiger charge is 2.30. The molecule has 0 aromatic carbocycles. The van der Waals surface area contributed by atoms with Gasteiger partial charge in [0.2, 0.25) is 0 Å². The molecule has 1 aliphatic rings. The summed E-state index contributed by atoms with van der Waals surface area (Å²) >= 11 is 0. The summed E-state index contributed by atoms with van der Waals surface area (Å²) in [5, 5.41) is 4.15. The average Bonchev–Trinajstić information content (AvgIpc) is 3.09. The molecule has 2 aromatic heterocycles. The molecule has 1 saturated heterocycles. The molecule has 2 aromatic rings. The van der Waals surface area contributed by atoms with Crippen molar-refractivity contribution in [2.24, 2.45) is 5.92 Å². The highest BCUT2D eigenvalue weighted by molar-refractivity contribution is 5.73. The van der Waals surface area contributed by atoms with Gasteiger partial charge in [-0.25, -0.2) is 14.3 Å². The Bertz CT molecular complexity index is 780. The van der Waals surface area contributed by atoms with Gasteiger partial charge >= 0.3 is 6.09 Å². The summed E-state index contributed by atoms with van der Waals surface area (Å²) in [5.74, 6) is 1.44. The average molecular weight is 347 g/mol. The third kappa shape index (κ3) is 3.78. The fraction of sp³-hybridized carbons (Fsp3) is 0.588. The van der Waals surface area contributed by atoms with Gasteiger partial charge in [-0.15, -0.1) is 0 Å². The number of rotatable bonds is 3. The number of aryl methyl sites for hydroxylation is 1. The zero-order valence-corrected chi connectivity index (χ0v) is 15.2. The lowest BCUT2D eigenvalue weighted by Crippen LogP contribution is -2.35. The predicted octanol–water partition coefficient (Wildman–Crippen LogP) is 2.26. The Morgan fingerprint density at radius 2 is 2.20 bits per heavy atom. The molecule has 3 rings (SSSR count). The lowest BCUT2D eigenvalue weighted by Gasteiger charge is -2.24. The van der Waals surface area contributed by atoms with Gasteiger partial charge < -0.3 is 20.1 Å². The molecule has 25 heavy (non-hydrogen) atoms. The standard InChI is InChI=1S/C17H25N5O3/c1-11-13(8-22-14(11)15(18)19-10-20-22)24-9-12-5-6-21(7-12)16(23)25-17(2,3)4/h8,10,12H,5-7,9H2,1-4H3,(H2,18,19,20). The predicted molar refractivity (Wildman–Crippen MR) is 93.5 cm³/mol. The third-order valence-electron chi connectivity index (χ3n) is 4.22. The Kier molecular flexibility index (Phi) is 4.45. The normalized spacial score (nSPS) is 17.9. The largest absolute Gasteiger partial charge is 0.491 e. The molecular weight excluding hydrogens is 322 g/mol. The summed E-state index contributed by atoms with van der Waals surface area (Å²) in [7, 11) is 0. The smallest absolute Gasteiger partial charge is 0.410 e. The van der Waals surface area contributed by atoms with Crippen LogP contribution in [0.2, 0.25) is 0 Å². The van der Waals surface area contributed by atoms with Crippen LogP contribution in [0.15, 0.2) is 12.5 Å². The van der Waals surface area contributed by atoms with Crippen molar-refractivity contribution in [1.29, 1.82) is 0 Å². The number of amides is 1. The highest BCUT2D eigenvalue weighted by Crippen LogP contribution is 2.28. The monoisotopic (exact) mass is 347 g/mol. The van der Waals surface area contributed by atoms with Gasteiger partial charge in [-0.1, -0.05) is 0 Å². The van der Waals surface area contributed by atoms with Gasteiger partial charge in [-0.05, 0) is 34.1 Å². The SMILES string of the molecule is Cc1c(OCC2CCN(C(=O)OC(C)(C)C)C2)cn2ncnc(N)c12. The molecule has 1 atom stereocenters. The molecule has 0 spiro atoms. The number of hydrogen-bond acceptors (Lipinski definition) is 6. The van der Waals surface area contributed by atoms with E-state index >= 15 is 0 Å². The molecule has 8 nitrogen and oxygen atoms in total. The van der Waals surface area contributed by atoms with E-state index < -0.39 is 5.60 Å². The molecule has 0 bridgehead atoms. The van der Waals surface area contributed by atoms with E-state index in [2.05, 4.69) is 10.1 Å². The van der Waals surface area contributed by atoms with Crippen molar-refractivity contribution in [1.82, 2.24) is 19.5 Å². The minimum absolute atomic E-state index is 0.260. The zero-order valence-electron chi connectivity index (χ0n) is 15.2. The van der Waals surface area contributed by atoms with Crippen molar-refractivity contribution in [3.63, 3.8) is 0 Å². The van der Waals surface area contributed by atoms with E-state index in [0.717, 1.165) is 23.3 Å². The number of carbonyl (C=O) groups excluding carboxylic acids is 1. The van der Waals surface area contributed by atoms with Crippen LogP contribution >= 0.6 is 0 Å². The maximum Gasteiger partial charge on any atom is 0.410 e. The van der Waals surface area contributed by atoms with E-state index in [1.807, 2.05) is 33.9 Å². The summed E-state index contributed by atoms with van der Waals surface area (Å²) in [5.41, 5.74) is 7.11. The number of nitrogen functional groups attached to an aromatic ring is 1. The third-order valence-corrected chi connectivity index (χ3v) is 4.22. The minimum atomic E-state index is -0.476. The van der Waals surface area contributed by atoms with E-state index in [-0.39, 0.29) is 12.0 Å². The molecule has 136 valence electrons. The van der Waals surface area contributed by atoms with E-state index in [1.165, 1.54) is 6.33 Å². The van der Waals surface area contributed by atoms with Crippen LogP contribution in [0.1, 0.15) is 32.8 Å². The van der Waals surface area contributed by atoms with E-state index in [4.69, 9.17) is 15.2 Å². The van der Waals surface area contributed by atoms with Gasteiger partial charge in [0.05, 0.1) is 12.8 Å². The van der Waals surface area contributed by atoms with E-state index in [0.29, 0.717) is 25.5 Å². The Morgan fingerprint density at radius 1 is 1.44 bits per heavy atom. The molecule has 1 fully saturated rings. The lowest BCUT2D eigenvalue weighted by atomic mass is 10.1. The van der Waals surface area contributed by atoms with Crippen molar-refractivity contribution in [3.8, 4) is 5.75 Å². The van der Waals surface area contributed by atoms with Crippen molar-refractivity contribution in [2.75, 3.05) is 25.4 Å². The van der Waals surface area contributed by atoms with Crippen LogP contribution in [0.25, 0.3) is 5.52 Å². The van der Waals surface area contributed by atoms with Crippen molar-refractivity contribution < 1.29 is 14.3 Å². The Balaban J connectivity index is 1.59. The topological polar surface area (TPSA) is 95.0 Å². The molecule has 0 saturated carbocycles. The maximum absolute atomic E-state index is 12.1. The van der Waals surface area contributed by atoms with Crippen LogP contribution in [0, 0.1) is 12.8 Å². The quantitative estimate of drug-likeness (QED) is 0.915. The van der Waals surface area contributed by atoms with Gasteiger partial charge in [-0.2, -0.15) is 5.10 Å². The first-order valence-corrected chi connectivity index (χ1v) is 8.44. The molecule has 8 heteroatoms. The molecule has 2 N–H and O–H groups in total. The van der Waals surface area contributed by atoms with Gasteiger partial charge in [0.25, 0.3) is 0 Å². The molecule has 0 radical (unpaired) electrons. The zero-order chi connectivity index (χ0) is 18.2. The number of aromatic nitrogens is 3. The molecular formula is C17H25N5O3. The van der Waals surface area contributed by atoms with Crippen LogP contribution in [-0.2, 0) is 4.74 Å². The number of fused-ring (bicyclic) bond motifs is 1. The second-order valence-corrected chi connectivity index (χ2v) is 7.45. The molecule has 3 heterocycles. The fourth-order valence-electron chi connectivity index (χ4n) is 2.98. The number of likely N-dealkylation sites (tertiary alicyclic amines) is 1. The first kappa shape index (κ1) is 17.3. The number of nitrogens with two attached hydrogens (primary N) is 1. The van der Waals surface area contributed by atoms with E-state index in [9.17, 15) is 4.79 Å². The van der Waals surface area contributed by atoms with Gasteiger partial charge in [0, 0.05) is 24.6 Å². The number of ether oxygens (including phenoxy) is 2. The van der Waals surface area contributed by atoms with Crippen LogP contribution in [-0.4, -0.2) is 50.9 Å². The van der Waals surface area contributed by atoms with Crippen LogP contribution in [0.3, 0.4) is 0 Å². The second kappa shape index (κ2) is 6.42. The molecule has 1 aliphatic heterocycles. The second-order valence-electron chi connectivity index (χ2n) is 7.45. The Morgan fingerprint density at radius 3 is 2.88 bits per heavy atom. The number of anilines is 1. The van der Waals surface area contributed by atoms with Crippen molar-refractivity contribution in [3.05, 3.63) is 18.1 Å². The van der Waals surface area contributed by atoms with E-state index in [1.54, 1.807) is 9.42 Å². The van der Waals surface area contributed by atoms with Gasteiger partial charge in [0.1, 0.15) is 23.2 Å². The Hall–Kier alpha value is -2.51. The van der Waals surface area contributed by atoms with Crippen LogP contribution < -0.4 is 10.5 Å². The minimum Gasteiger partial charge on any atom is -0.491 e. The summed E-state index contributed by atoms with van der Waals surface area (Å²) < 4.78 is 13.1. The lowest BCUT2D eigenvalue weighted by molar-refractivity contribution is 0.0284. The summed E-state index contributed by atoms with van der Waals surface area (Å²) in [6.45, 7) is 9.42. The first-order chi connectivity index (χ1) is 11.7. The van der Waals surface area contributed by atoms with Crippen LogP contribution in [0.4, 0.5) is 10.6 Å². The number of hydrogen-bond donors (Lipinski definition) is 1. The van der Waals surface area contributed by atoms with Gasteiger partial charge in [0.15, 0.2) is 5.82 Å².